The quantitative estimate of drug-likeness (QED) is 0.195. The molecule has 0 aliphatic carbocycles. The molecule has 0 aliphatic rings. The van der Waals surface area contributed by atoms with Crippen LogP contribution in [0.3, 0.4) is 0 Å². The Balaban J connectivity index is 3.39. The van der Waals surface area contributed by atoms with Gasteiger partial charge in [-0.3, -0.25) is 0 Å². The molecule has 6 heteroatoms. The summed E-state index contributed by atoms with van der Waals surface area (Å²) >= 11 is 0. The molecule has 0 saturated carbocycles. The third-order valence-electron chi connectivity index (χ3n) is 5.09. The van der Waals surface area contributed by atoms with Gasteiger partial charge in [-0.2, -0.15) is 0 Å². The Kier molecular flexibility index (Phi) is 24.2. The Bertz CT molecular complexity index is 342. The van der Waals surface area contributed by atoms with E-state index in [9.17, 15) is 0 Å². The fourth-order valence-electron chi connectivity index (χ4n) is 3.16. The highest BCUT2D eigenvalue weighted by Crippen LogP contribution is 2.10. The number of hydrogen-bond acceptors (Lipinski definition) is 6. The second-order valence-corrected chi connectivity index (χ2v) is 8.56. The maximum absolute atomic E-state index is 8.64. The maximum Gasteiger partial charge on any atom is 0.0781 e. The van der Waals surface area contributed by atoms with Gasteiger partial charge < -0.3 is 28.8 Å². The molecule has 0 heterocycles. The molecule has 31 heavy (non-hydrogen) atoms. The summed E-state index contributed by atoms with van der Waals surface area (Å²) in [6.07, 6.45) is 13.5. The topological polar surface area (TPSA) is 66.4 Å². The van der Waals surface area contributed by atoms with Crippen molar-refractivity contribution in [1.29, 1.82) is 0 Å². The molecule has 3 unspecified atom stereocenters. The number of ether oxygens (including phenoxy) is 5. The van der Waals surface area contributed by atoms with Gasteiger partial charge in [-0.05, 0) is 27.2 Å². The van der Waals surface area contributed by atoms with Crippen molar-refractivity contribution in [3.8, 4) is 0 Å². The predicted molar refractivity (Wildman–Crippen MR) is 127 cm³/mol. The largest absolute Gasteiger partial charge is 0.394 e. The minimum atomic E-state index is 0.00184. The first kappa shape index (κ1) is 30.8. The molecular weight excluding hydrogens is 396 g/mol. The van der Waals surface area contributed by atoms with E-state index in [1.807, 2.05) is 20.8 Å². The fraction of sp³-hybridized carbons (Fsp3) is 1.00. The molecule has 3 atom stereocenters. The van der Waals surface area contributed by atoms with Gasteiger partial charge in [-0.15, -0.1) is 0 Å². The van der Waals surface area contributed by atoms with Crippen molar-refractivity contribution in [2.24, 2.45) is 0 Å². The molecule has 1 N–H and O–H groups in total. The van der Waals surface area contributed by atoms with Crippen LogP contribution in [0, 0.1) is 0 Å². The van der Waals surface area contributed by atoms with E-state index in [-0.39, 0.29) is 24.9 Å². The summed E-state index contributed by atoms with van der Waals surface area (Å²) in [5.74, 6) is 0. The lowest BCUT2D eigenvalue weighted by Crippen LogP contribution is -2.27. The molecule has 0 amide bonds. The van der Waals surface area contributed by atoms with Crippen LogP contribution < -0.4 is 0 Å². The van der Waals surface area contributed by atoms with Gasteiger partial charge in [0.15, 0.2) is 0 Å². The lowest BCUT2D eigenvalue weighted by molar-refractivity contribution is -0.0847. The average molecular weight is 449 g/mol. The van der Waals surface area contributed by atoms with Gasteiger partial charge in [0.25, 0.3) is 0 Å². The van der Waals surface area contributed by atoms with Crippen molar-refractivity contribution in [1.82, 2.24) is 0 Å². The molecule has 0 aliphatic heterocycles. The third-order valence-corrected chi connectivity index (χ3v) is 5.09. The second kappa shape index (κ2) is 24.4. The van der Waals surface area contributed by atoms with E-state index < -0.39 is 0 Å². The molecule has 0 spiro atoms. The number of hydrogen-bond donors (Lipinski definition) is 1. The van der Waals surface area contributed by atoms with Crippen molar-refractivity contribution < 1.29 is 28.8 Å². The van der Waals surface area contributed by atoms with E-state index in [0.717, 1.165) is 13.0 Å². The van der Waals surface area contributed by atoms with Gasteiger partial charge in [-0.1, -0.05) is 64.7 Å². The standard InChI is InChI=1S/C25H52O6/c1-5-6-7-8-9-10-11-12-13-14-16-28-20-23(2)30-22-25(4)31-21-24(3)29-19-18-27-17-15-26/h23-26H,5-22H2,1-4H3. The molecule has 0 bridgehead atoms. The lowest BCUT2D eigenvalue weighted by atomic mass is 10.1. The van der Waals surface area contributed by atoms with E-state index in [0.29, 0.717) is 39.6 Å². The summed E-state index contributed by atoms with van der Waals surface area (Å²) in [7, 11) is 0. The highest BCUT2D eigenvalue weighted by atomic mass is 16.6. The van der Waals surface area contributed by atoms with Gasteiger partial charge in [0.1, 0.15) is 0 Å². The minimum Gasteiger partial charge on any atom is -0.394 e. The number of aliphatic hydroxyl groups excluding tert-OH is 1. The summed E-state index contributed by atoms with van der Waals surface area (Å²) in [5, 5.41) is 8.64. The molecule has 0 aromatic rings. The van der Waals surface area contributed by atoms with Crippen LogP contribution in [0.5, 0.6) is 0 Å². The number of unbranched alkanes of at least 4 members (excludes halogenated alkanes) is 9. The van der Waals surface area contributed by atoms with Crippen LogP contribution in [-0.4, -0.2) is 76.3 Å². The molecule has 0 aromatic carbocycles. The zero-order valence-corrected chi connectivity index (χ0v) is 20.9. The highest BCUT2D eigenvalue weighted by molar-refractivity contribution is 4.55. The van der Waals surface area contributed by atoms with Gasteiger partial charge in [-0.25, -0.2) is 0 Å². The van der Waals surface area contributed by atoms with E-state index in [4.69, 9.17) is 28.8 Å². The number of rotatable bonds is 25. The zero-order chi connectivity index (χ0) is 23.0. The first-order valence-electron chi connectivity index (χ1n) is 12.7. The average Bonchev–Trinajstić information content (AvgIpc) is 2.76. The van der Waals surface area contributed by atoms with E-state index in [2.05, 4.69) is 6.92 Å². The fourth-order valence-corrected chi connectivity index (χ4v) is 3.16. The summed E-state index contributed by atoms with van der Waals surface area (Å²) in [6.45, 7) is 12.2. The summed E-state index contributed by atoms with van der Waals surface area (Å²) in [5.41, 5.74) is 0. The van der Waals surface area contributed by atoms with E-state index >= 15 is 0 Å². The van der Waals surface area contributed by atoms with Crippen LogP contribution in [0.15, 0.2) is 0 Å². The van der Waals surface area contributed by atoms with Crippen LogP contribution in [0.1, 0.15) is 91.9 Å². The molecule has 0 aromatic heterocycles. The van der Waals surface area contributed by atoms with Crippen molar-refractivity contribution in [2.75, 3.05) is 52.9 Å². The van der Waals surface area contributed by atoms with Crippen molar-refractivity contribution in [2.45, 2.75) is 110 Å². The van der Waals surface area contributed by atoms with Gasteiger partial charge in [0, 0.05) is 6.61 Å². The Morgan fingerprint density at radius 2 is 1.03 bits per heavy atom. The Morgan fingerprint density at radius 3 is 1.61 bits per heavy atom. The van der Waals surface area contributed by atoms with Crippen LogP contribution >= 0.6 is 0 Å². The van der Waals surface area contributed by atoms with Gasteiger partial charge >= 0.3 is 0 Å². The smallest absolute Gasteiger partial charge is 0.0781 e. The second-order valence-electron chi connectivity index (χ2n) is 8.56. The van der Waals surface area contributed by atoms with E-state index in [1.165, 1.54) is 57.8 Å². The molecule has 0 saturated heterocycles. The Hall–Kier alpha value is -0.240. The van der Waals surface area contributed by atoms with Crippen LogP contribution in [0.2, 0.25) is 0 Å². The number of aliphatic hydroxyl groups is 1. The molecule has 0 rings (SSSR count). The first-order chi connectivity index (χ1) is 15.1. The normalized spacial score (nSPS) is 14.6. The Labute approximate surface area is 192 Å². The highest BCUT2D eigenvalue weighted by Gasteiger charge is 2.10. The van der Waals surface area contributed by atoms with Crippen LogP contribution in [0.25, 0.3) is 0 Å². The summed E-state index contributed by atoms with van der Waals surface area (Å²) in [6, 6.07) is 0. The van der Waals surface area contributed by atoms with Crippen LogP contribution in [-0.2, 0) is 23.7 Å². The summed E-state index contributed by atoms with van der Waals surface area (Å²) < 4.78 is 28.1. The molecule has 0 fully saturated rings. The maximum atomic E-state index is 8.64. The molecule has 6 nitrogen and oxygen atoms in total. The van der Waals surface area contributed by atoms with Gasteiger partial charge in [0.05, 0.1) is 64.6 Å². The first-order valence-corrected chi connectivity index (χ1v) is 12.7. The minimum absolute atomic E-state index is 0.00184. The van der Waals surface area contributed by atoms with Crippen molar-refractivity contribution >= 4 is 0 Å². The SMILES string of the molecule is CCCCCCCCCCCCOCC(C)OCC(C)OCC(C)OCCOCCO. The van der Waals surface area contributed by atoms with Crippen LogP contribution in [0.4, 0.5) is 0 Å². The molecule has 188 valence electrons. The van der Waals surface area contributed by atoms with Crippen molar-refractivity contribution in [3.05, 3.63) is 0 Å². The lowest BCUT2D eigenvalue weighted by Gasteiger charge is -2.20. The Morgan fingerprint density at radius 1 is 0.516 bits per heavy atom. The van der Waals surface area contributed by atoms with Crippen molar-refractivity contribution in [3.63, 3.8) is 0 Å². The van der Waals surface area contributed by atoms with E-state index in [1.54, 1.807) is 0 Å². The molecular formula is C25H52O6. The third kappa shape index (κ3) is 24.2. The predicted octanol–water partition coefficient (Wildman–Crippen LogP) is 5.15. The zero-order valence-electron chi connectivity index (χ0n) is 20.9. The monoisotopic (exact) mass is 448 g/mol. The summed E-state index contributed by atoms with van der Waals surface area (Å²) in [4.78, 5) is 0. The molecule has 0 radical (unpaired) electrons. The van der Waals surface area contributed by atoms with Gasteiger partial charge in [0.2, 0.25) is 0 Å².